The number of carbonyl (C=O) groups excluding carboxylic acids is 2. The Bertz CT molecular complexity index is 402. The third-order valence-electron chi connectivity index (χ3n) is 3.01. The summed E-state index contributed by atoms with van der Waals surface area (Å²) in [6.45, 7) is 5.68. The van der Waals surface area contributed by atoms with Crippen molar-refractivity contribution >= 4 is 23.7 Å². The zero-order chi connectivity index (χ0) is 15.4. The lowest BCUT2D eigenvalue weighted by molar-refractivity contribution is -0.151. The minimum absolute atomic E-state index is 0.326. The van der Waals surface area contributed by atoms with Crippen LogP contribution in [0.5, 0.6) is 0 Å². The van der Waals surface area contributed by atoms with Gasteiger partial charge in [-0.15, -0.1) is 11.6 Å². The molecular formula is C14H22ClNO4. The second kappa shape index (κ2) is 6.48. The molecule has 1 aliphatic rings. The Kier molecular flexibility index (Phi) is 5.45. The number of halogens is 1. The lowest BCUT2D eigenvalue weighted by Crippen LogP contribution is -2.55. The molecule has 1 unspecified atom stereocenters. The molecule has 1 atom stereocenters. The van der Waals surface area contributed by atoms with Crippen LogP contribution in [-0.2, 0) is 14.3 Å². The van der Waals surface area contributed by atoms with E-state index in [1.807, 2.05) is 0 Å². The van der Waals surface area contributed by atoms with Gasteiger partial charge in [-0.05, 0) is 39.7 Å². The quantitative estimate of drug-likeness (QED) is 0.455. The topological polar surface area (TPSA) is 55.8 Å². The van der Waals surface area contributed by atoms with Crippen LogP contribution in [0.1, 0.15) is 33.6 Å². The summed E-state index contributed by atoms with van der Waals surface area (Å²) in [5.74, 6) is -0.0587. The van der Waals surface area contributed by atoms with Crippen molar-refractivity contribution in [1.82, 2.24) is 4.90 Å². The summed E-state index contributed by atoms with van der Waals surface area (Å²) in [6, 6.07) is 0. The number of carbonyl (C=O) groups is 2. The van der Waals surface area contributed by atoms with E-state index in [9.17, 15) is 9.59 Å². The normalized spacial score (nSPS) is 21.9. The first-order valence-corrected chi connectivity index (χ1v) is 7.13. The molecule has 1 aliphatic heterocycles. The second-order valence-corrected chi connectivity index (χ2v) is 6.08. The highest BCUT2D eigenvalue weighted by Crippen LogP contribution is 2.31. The Labute approximate surface area is 124 Å². The third kappa shape index (κ3) is 3.66. The molecule has 6 heteroatoms. The van der Waals surface area contributed by atoms with Crippen LogP contribution in [0.2, 0.25) is 0 Å². The van der Waals surface area contributed by atoms with Crippen molar-refractivity contribution < 1.29 is 19.1 Å². The molecule has 0 aliphatic carbocycles. The average Bonchev–Trinajstić information content (AvgIpc) is 2.78. The number of methoxy groups -OCH3 is 1. The van der Waals surface area contributed by atoms with E-state index in [1.54, 1.807) is 32.9 Å². The fourth-order valence-electron chi connectivity index (χ4n) is 2.17. The molecule has 5 nitrogen and oxygen atoms in total. The standard InChI is InChI=1S/C14H22ClNO4/c1-13(2,3)20-12(18)16-10-6-8-14(16,7-5-9-15)11(17)19-4/h6,8H,5,7,9-10H2,1-4H3. The first-order valence-electron chi connectivity index (χ1n) is 6.59. The number of nitrogens with zero attached hydrogens (tertiary/aromatic N) is 1. The summed E-state index contributed by atoms with van der Waals surface area (Å²) in [5.41, 5.74) is -1.72. The molecule has 0 bridgehead atoms. The number of amides is 1. The van der Waals surface area contributed by atoms with Crippen molar-refractivity contribution in [3.05, 3.63) is 12.2 Å². The lowest BCUT2D eigenvalue weighted by atomic mass is 9.93. The van der Waals surface area contributed by atoms with Gasteiger partial charge in [-0.3, -0.25) is 4.90 Å². The third-order valence-corrected chi connectivity index (χ3v) is 3.27. The van der Waals surface area contributed by atoms with Crippen LogP contribution in [0, 0.1) is 0 Å². The molecule has 0 saturated carbocycles. The van der Waals surface area contributed by atoms with E-state index in [2.05, 4.69) is 0 Å². The Hall–Kier alpha value is -1.23. The van der Waals surface area contributed by atoms with Gasteiger partial charge in [-0.1, -0.05) is 6.08 Å². The van der Waals surface area contributed by atoms with Crippen LogP contribution in [0.4, 0.5) is 4.79 Å². The molecule has 0 radical (unpaired) electrons. The van der Waals surface area contributed by atoms with Crippen LogP contribution < -0.4 is 0 Å². The molecule has 0 fully saturated rings. The summed E-state index contributed by atoms with van der Waals surface area (Å²) in [6.07, 6.45) is 3.96. The zero-order valence-corrected chi connectivity index (χ0v) is 13.2. The largest absolute Gasteiger partial charge is 0.467 e. The van der Waals surface area contributed by atoms with Gasteiger partial charge in [0.05, 0.1) is 7.11 Å². The molecule has 1 amide bonds. The van der Waals surface area contributed by atoms with Gasteiger partial charge in [0.15, 0.2) is 5.54 Å². The monoisotopic (exact) mass is 303 g/mol. The van der Waals surface area contributed by atoms with Crippen LogP contribution in [0.15, 0.2) is 12.2 Å². The Morgan fingerprint density at radius 3 is 2.55 bits per heavy atom. The molecule has 0 saturated heterocycles. The molecule has 0 aromatic heterocycles. The first kappa shape index (κ1) is 16.8. The summed E-state index contributed by atoms with van der Waals surface area (Å²) in [4.78, 5) is 25.8. The SMILES string of the molecule is COC(=O)C1(CCCCl)C=CCN1C(=O)OC(C)(C)C. The average molecular weight is 304 g/mol. The molecule has 1 heterocycles. The molecule has 0 N–H and O–H groups in total. The van der Waals surface area contributed by atoms with E-state index in [-0.39, 0.29) is 0 Å². The predicted molar refractivity (Wildman–Crippen MR) is 76.8 cm³/mol. The van der Waals surface area contributed by atoms with E-state index in [0.29, 0.717) is 25.3 Å². The summed E-state index contributed by atoms with van der Waals surface area (Å²) < 4.78 is 10.2. The molecule has 0 spiro atoms. The van der Waals surface area contributed by atoms with Crippen molar-refractivity contribution in [2.45, 2.75) is 44.8 Å². The second-order valence-electron chi connectivity index (χ2n) is 5.70. The van der Waals surface area contributed by atoms with Crippen LogP contribution in [0.3, 0.4) is 0 Å². The highest BCUT2D eigenvalue weighted by molar-refractivity contribution is 6.17. The van der Waals surface area contributed by atoms with Gasteiger partial charge in [-0.25, -0.2) is 9.59 Å². The van der Waals surface area contributed by atoms with Gasteiger partial charge in [0, 0.05) is 12.4 Å². The summed E-state index contributed by atoms with van der Waals surface area (Å²) >= 11 is 5.71. The fourth-order valence-corrected chi connectivity index (χ4v) is 2.31. The number of rotatable bonds is 4. The highest BCUT2D eigenvalue weighted by atomic mass is 35.5. The van der Waals surface area contributed by atoms with E-state index in [4.69, 9.17) is 21.1 Å². The smallest absolute Gasteiger partial charge is 0.411 e. The van der Waals surface area contributed by atoms with Crippen LogP contribution in [0.25, 0.3) is 0 Å². The van der Waals surface area contributed by atoms with Crippen LogP contribution in [-0.4, -0.2) is 47.6 Å². The lowest BCUT2D eigenvalue weighted by Gasteiger charge is -2.36. The van der Waals surface area contributed by atoms with Crippen molar-refractivity contribution in [1.29, 1.82) is 0 Å². The molecule has 0 aromatic rings. The molecule has 1 rings (SSSR count). The Morgan fingerprint density at radius 1 is 1.40 bits per heavy atom. The number of hydrogen-bond acceptors (Lipinski definition) is 4. The van der Waals surface area contributed by atoms with Gasteiger partial charge < -0.3 is 9.47 Å². The van der Waals surface area contributed by atoms with Crippen molar-refractivity contribution in [2.75, 3.05) is 19.5 Å². The minimum atomic E-state index is -1.11. The van der Waals surface area contributed by atoms with Crippen molar-refractivity contribution in [2.24, 2.45) is 0 Å². The Morgan fingerprint density at radius 2 is 2.05 bits per heavy atom. The van der Waals surface area contributed by atoms with Crippen molar-refractivity contribution in [3.8, 4) is 0 Å². The van der Waals surface area contributed by atoms with E-state index < -0.39 is 23.2 Å². The van der Waals surface area contributed by atoms with Crippen LogP contribution >= 0.6 is 11.6 Å². The van der Waals surface area contributed by atoms with Gasteiger partial charge in [-0.2, -0.15) is 0 Å². The summed E-state index contributed by atoms with van der Waals surface area (Å²) in [5, 5.41) is 0. The first-order chi connectivity index (χ1) is 9.27. The van der Waals surface area contributed by atoms with E-state index >= 15 is 0 Å². The summed E-state index contributed by atoms with van der Waals surface area (Å²) in [7, 11) is 1.31. The maximum Gasteiger partial charge on any atom is 0.411 e. The van der Waals surface area contributed by atoms with Gasteiger partial charge in [0.2, 0.25) is 0 Å². The van der Waals surface area contributed by atoms with E-state index in [1.165, 1.54) is 12.0 Å². The highest BCUT2D eigenvalue weighted by Gasteiger charge is 2.48. The van der Waals surface area contributed by atoms with E-state index in [0.717, 1.165) is 0 Å². The Balaban J connectivity index is 2.98. The number of hydrogen-bond donors (Lipinski definition) is 0. The molecular weight excluding hydrogens is 282 g/mol. The van der Waals surface area contributed by atoms with Gasteiger partial charge >= 0.3 is 12.1 Å². The van der Waals surface area contributed by atoms with Gasteiger partial charge in [0.25, 0.3) is 0 Å². The maximum atomic E-state index is 12.3. The molecule has 114 valence electrons. The zero-order valence-electron chi connectivity index (χ0n) is 12.4. The predicted octanol–water partition coefficient (Wildman–Crippen LogP) is 2.72. The van der Waals surface area contributed by atoms with Crippen molar-refractivity contribution in [3.63, 3.8) is 0 Å². The number of esters is 1. The number of ether oxygens (including phenoxy) is 2. The fraction of sp³-hybridized carbons (Fsp3) is 0.714. The van der Waals surface area contributed by atoms with Gasteiger partial charge in [0.1, 0.15) is 5.60 Å². The number of alkyl halides is 1. The molecule has 20 heavy (non-hydrogen) atoms. The minimum Gasteiger partial charge on any atom is -0.467 e. The molecule has 0 aromatic carbocycles. The maximum absolute atomic E-state index is 12.3.